The number of nitrogens with zero attached hydrogens (tertiary/aromatic N) is 1. The average molecular weight is 336 g/mol. The number of nitrogens with one attached hydrogen (secondary N) is 1. The van der Waals surface area contributed by atoms with Crippen molar-refractivity contribution in [1.29, 1.82) is 0 Å². The Morgan fingerprint density at radius 1 is 1.17 bits per heavy atom. The van der Waals surface area contributed by atoms with E-state index in [1.54, 1.807) is 28.6 Å². The minimum absolute atomic E-state index is 0.0122. The molecule has 1 aromatic carbocycles. The average Bonchev–Trinajstić information content (AvgIpc) is 3.30. The van der Waals surface area contributed by atoms with Crippen molar-refractivity contribution >= 4 is 21.6 Å². The summed E-state index contributed by atoms with van der Waals surface area (Å²) in [6.07, 6.45) is 4.91. The predicted octanol–water partition coefficient (Wildman–Crippen LogP) is 2.85. The summed E-state index contributed by atoms with van der Waals surface area (Å²) in [7, 11) is -3.48. The number of benzene rings is 1. The molecule has 6 heteroatoms. The van der Waals surface area contributed by atoms with Crippen LogP contribution in [0.25, 0.3) is 0 Å². The lowest BCUT2D eigenvalue weighted by molar-refractivity contribution is -0.117. The second kappa shape index (κ2) is 6.61. The van der Waals surface area contributed by atoms with Crippen LogP contribution in [-0.2, 0) is 14.8 Å². The number of carbonyl (C=O) groups is 1. The summed E-state index contributed by atoms with van der Waals surface area (Å²) < 4.78 is 27.2. The summed E-state index contributed by atoms with van der Waals surface area (Å²) >= 11 is 0. The van der Waals surface area contributed by atoms with Gasteiger partial charge < -0.3 is 5.32 Å². The Hall–Kier alpha value is -1.40. The number of sulfonamides is 1. The molecule has 0 spiro atoms. The van der Waals surface area contributed by atoms with E-state index in [4.69, 9.17) is 0 Å². The van der Waals surface area contributed by atoms with E-state index in [1.165, 1.54) is 0 Å². The largest absolute Gasteiger partial charge is 0.326 e. The third kappa shape index (κ3) is 3.75. The molecule has 1 aliphatic carbocycles. The molecule has 0 aromatic heterocycles. The molecule has 2 atom stereocenters. The summed E-state index contributed by atoms with van der Waals surface area (Å²) in [6.45, 7) is 3.21. The number of anilines is 1. The molecule has 0 radical (unpaired) electrons. The molecule has 1 N–H and O–H groups in total. The molecular weight excluding hydrogens is 312 g/mol. The van der Waals surface area contributed by atoms with Crippen LogP contribution in [0, 0.1) is 11.8 Å². The lowest BCUT2D eigenvalue weighted by Crippen LogP contribution is -2.32. The van der Waals surface area contributed by atoms with Gasteiger partial charge in [-0.3, -0.25) is 4.79 Å². The zero-order valence-electron chi connectivity index (χ0n) is 13.5. The number of rotatable bonds is 4. The first-order chi connectivity index (χ1) is 11.0. The second-order valence-corrected chi connectivity index (χ2v) is 8.59. The van der Waals surface area contributed by atoms with E-state index in [0.29, 0.717) is 24.7 Å². The summed E-state index contributed by atoms with van der Waals surface area (Å²) in [5.74, 6) is 0.488. The maximum Gasteiger partial charge on any atom is 0.243 e. The van der Waals surface area contributed by atoms with Crippen molar-refractivity contribution in [3.05, 3.63) is 24.3 Å². The number of carbonyl (C=O) groups excluding carboxylic acids is 1. The van der Waals surface area contributed by atoms with Gasteiger partial charge in [0.15, 0.2) is 0 Å². The Morgan fingerprint density at radius 2 is 1.83 bits per heavy atom. The number of hydrogen-bond acceptors (Lipinski definition) is 3. The fraction of sp³-hybridized carbons (Fsp3) is 0.588. The van der Waals surface area contributed by atoms with Gasteiger partial charge in [0.1, 0.15) is 0 Å². The standard InChI is InChI=1S/C17H24N2O3S/c1-13-11-16(13)17(20)18-14-7-6-8-15(12-14)23(21,22)19-9-4-2-3-5-10-19/h6-8,12-13,16H,2-5,9-11H2,1H3,(H,18,20). The highest BCUT2D eigenvalue weighted by molar-refractivity contribution is 7.89. The van der Waals surface area contributed by atoms with Crippen LogP contribution in [0.15, 0.2) is 29.2 Å². The maximum atomic E-state index is 12.8. The predicted molar refractivity (Wildman–Crippen MR) is 89.6 cm³/mol. The first-order valence-corrected chi connectivity index (χ1v) is 9.83. The molecule has 2 fully saturated rings. The van der Waals surface area contributed by atoms with E-state index in [0.717, 1.165) is 32.1 Å². The quantitative estimate of drug-likeness (QED) is 0.919. The molecule has 2 aliphatic rings. The van der Waals surface area contributed by atoms with Crippen LogP contribution in [-0.4, -0.2) is 31.7 Å². The van der Waals surface area contributed by atoms with Gasteiger partial charge >= 0.3 is 0 Å². The SMILES string of the molecule is CC1CC1C(=O)Nc1cccc(S(=O)(=O)N2CCCCCC2)c1. The Labute approximate surface area is 138 Å². The Balaban J connectivity index is 1.76. The van der Waals surface area contributed by atoms with E-state index >= 15 is 0 Å². The lowest BCUT2D eigenvalue weighted by atomic mass is 10.2. The van der Waals surface area contributed by atoms with Gasteiger partial charge in [-0.25, -0.2) is 8.42 Å². The van der Waals surface area contributed by atoms with Crippen LogP contribution in [0.3, 0.4) is 0 Å². The summed E-state index contributed by atoms with van der Waals surface area (Å²) in [5.41, 5.74) is 0.560. The third-order valence-corrected chi connectivity index (χ3v) is 6.65. The fourth-order valence-corrected chi connectivity index (χ4v) is 4.65. The summed E-state index contributed by atoms with van der Waals surface area (Å²) in [6, 6.07) is 6.61. The van der Waals surface area contributed by atoms with E-state index in [2.05, 4.69) is 5.32 Å². The minimum Gasteiger partial charge on any atom is -0.326 e. The molecule has 5 nitrogen and oxygen atoms in total. The van der Waals surface area contributed by atoms with Gasteiger partial charge in [-0.1, -0.05) is 25.8 Å². The molecule has 1 aromatic rings. The van der Waals surface area contributed by atoms with E-state index in [1.807, 2.05) is 6.92 Å². The van der Waals surface area contributed by atoms with Gasteiger partial charge in [0.2, 0.25) is 15.9 Å². The van der Waals surface area contributed by atoms with Gasteiger partial charge in [-0.2, -0.15) is 4.31 Å². The minimum atomic E-state index is -3.48. The third-order valence-electron chi connectivity index (χ3n) is 4.75. The van der Waals surface area contributed by atoms with Crippen molar-refractivity contribution in [2.24, 2.45) is 11.8 Å². The molecule has 1 heterocycles. The van der Waals surface area contributed by atoms with Crippen molar-refractivity contribution < 1.29 is 13.2 Å². The first kappa shape index (κ1) is 16.5. The van der Waals surface area contributed by atoms with Crippen LogP contribution in [0.1, 0.15) is 39.0 Å². The van der Waals surface area contributed by atoms with E-state index in [9.17, 15) is 13.2 Å². The van der Waals surface area contributed by atoms with Crippen LogP contribution in [0.4, 0.5) is 5.69 Å². The fourth-order valence-electron chi connectivity index (χ4n) is 3.09. The Morgan fingerprint density at radius 3 is 2.43 bits per heavy atom. The number of hydrogen-bond donors (Lipinski definition) is 1. The maximum absolute atomic E-state index is 12.8. The first-order valence-electron chi connectivity index (χ1n) is 8.39. The van der Waals surface area contributed by atoms with E-state index in [-0.39, 0.29) is 16.7 Å². The molecule has 3 rings (SSSR count). The molecule has 0 bridgehead atoms. The van der Waals surface area contributed by atoms with Gasteiger partial charge in [-0.05, 0) is 43.4 Å². The van der Waals surface area contributed by atoms with Crippen LogP contribution in [0.5, 0.6) is 0 Å². The smallest absolute Gasteiger partial charge is 0.243 e. The van der Waals surface area contributed by atoms with Crippen LogP contribution >= 0.6 is 0 Å². The number of amides is 1. The zero-order valence-corrected chi connectivity index (χ0v) is 14.3. The Kier molecular flexibility index (Phi) is 4.73. The van der Waals surface area contributed by atoms with Crippen LogP contribution < -0.4 is 5.32 Å². The lowest BCUT2D eigenvalue weighted by Gasteiger charge is -2.20. The molecule has 1 saturated carbocycles. The zero-order chi connectivity index (χ0) is 16.4. The summed E-state index contributed by atoms with van der Waals surface area (Å²) in [5, 5.41) is 2.84. The van der Waals surface area contributed by atoms with E-state index < -0.39 is 10.0 Å². The molecule has 23 heavy (non-hydrogen) atoms. The van der Waals surface area contributed by atoms with Crippen molar-refractivity contribution in [3.63, 3.8) is 0 Å². The topological polar surface area (TPSA) is 66.5 Å². The molecule has 126 valence electrons. The van der Waals surface area contributed by atoms with Crippen molar-refractivity contribution in [2.75, 3.05) is 18.4 Å². The summed E-state index contributed by atoms with van der Waals surface area (Å²) in [4.78, 5) is 12.3. The highest BCUT2D eigenvalue weighted by Gasteiger charge is 2.39. The molecular formula is C17H24N2O3S. The molecule has 1 saturated heterocycles. The van der Waals surface area contributed by atoms with Gasteiger partial charge in [0.25, 0.3) is 0 Å². The van der Waals surface area contributed by atoms with Crippen LogP contribution in [0.2, 0.25) is 0 Å². The normalized spacial score (nSPS) is 25.6. The highest BCUT2D eigenvalue weighted by atomic mass is 32.2. The molecule has 2 unspecified atom stereocenters. The molecule has 1 aliphatic heterocycles. The Bertz CT molecular complexity index is 679. The second-order valence-electron chi connectivity index (χ2n) is 6.65. The van der Waals surface area contributed by atoms with Crippen molar-refractivity contribution in [3.8, 4) is 0 Å². The van der Waals surface area contributed by atoms with Crippen molar-refractivity contribution in [1.82, 2.24) is 4.31 Å². The highest BCUT2D eigenvalue weighted by Crippen LogP contribution is 2.38. The monoisotopic (exact) mass is 336 g/mol. The van der Waals surface area contributed by atoms with Gasteiger partial charge in [0.05, 0.1) is 4.90 Å². The van der Waals surface area contributed by atoms with Crippen molar-refractivity contribution in [2.45, 2.75) is 43.9 Å². The van der Waals surface area contributed by atoms with Gasteiger partial charge in [0, 0.05) is 24.7 Å². The molecule has 1 amide bonds. The van der Waals surface area contributed by atoms with Gasteiger partial charge in [-0.15, -0.1) is 0 Å².